The summed E-state index contributed by atoms with van der Waals surface area (Å²) in [7, 11) is 0. The molecule has 1 heterocycles. The lowest BCUT2D eigenvalue weighted by Gasteiger charge is -2.27. The standard InChI is InChI=1S/C34H44N4O12/c1-33(2,3)49-31(47)35-16-22(39)15-24-28(42)37-25(30(45)46)11-17-9-19(13-21(10-17)29(43)44)18-7-8-26(40)20(12-18)14-23(27(41)36-24)38-32(48)50-34(4,5)6/h7-10,12-13,22-25,39-40H,11,14-16H2,1-6H3,(H,35,47)(H,36,41)(H,37,42)(H,38,48)(H,43,44)(H,45,46)/t22-,23+,24+,25+/m1/s1. The number of rotatable bonds is 7. The third-order valence-corrected chi connectivity index (χ3v) is 7.16. The lowest BCUT2D eigenvalue weighted by atomic mass is 9.94. The first-order chi connectivity index (χ1) is 23.1. The number of carbonyl (C=O) groups is 6. The van der Waals surface area contributed by atoms with Gasteiger partial charge in [-0.25, -0.2) is 19.2 Å². The van der Waals surface area contributed by atoms with Gasteiger partial charge in [0.15, 0.2) is 0 Å². The molecule has 3 rings (SSSR count). The van der Waals surface area contributed by atoms with E-state index >= 15 is 0 Å². The Morgan fingerprint density at radius 2 is 1.50 bits per heavy atom. The molecule has 4 atom stereocenters. The second-order valence-corrected chi connectivity index (χ2v) is 13.9. The summed E-state index contributed by atoms with van der Waals surface area (Å²) < 4.78 is 10.5. The number of aliphatic carboxylic acids is 1. The van der Waals surface area contributed by atoms with E-state index in [9.17, 15) is 49.2 Å². The van der Waals surface area contributed by atoms with E-state index in [4.69, 9.17) is 9.47 Å². The van der Waals surface area contributed by atoms with Crippen LogP contribution in [0.25, 0.3) is 11.1 Å². The average molecular weight is 701 g/mol. The molecule has 0 spiro atoms. The van der Waals surface area contributed by atoms with Crippen molar-refractivity contribution in [2.75, 3.05) is 6.54 Å². The Balaban J connectivity index is 2.10. The predicted molar refractivity (Wildman–Crippen MR) is 177 cm³/mol. The highest BCUT2D eigenvalue weighted by Crippen LogP contribution is 2.29. The summed E-state index contributed by atoms with van der Waals surface area (Å²) in [5, 5.41) is 51.0. The van der Waals surface area contributed by atoms with Crippen molar-refractivity contribution in [1.29, 1.82) is 0 Å². The zero-order valence-electron chi connectivity index (χ0n) is 28.7. The van der Waals surface area contributed by atoms with Crippen LogP contribution in [0.15, 0.2) is 36.4 Å². The Morgan fingerprint density at radius 1 is 0.860 bits per heavy atom. The van der Waals surface area contributed by atoms with Gasteiger partial charge in [0.25, 0.3) is 0 Å². The number of aromatic carboxylic acids is 1. The van der Waals surface area contributed by atoms with E-state index in [0.29, 0.717) is 11.1 Å². The topological polar surface area (TPSA) is 250 Å². The van der Waals surface area contributed by atoms with Gasteiger partial charge in [0.05, 0.1) is 11.7 Å². The largest absolute Gasteiger partial charge is 0.508 e. The van der Waals surface area contributed by atoms with Gasteiger partial charge in [-0.2, -0.15) is 0 Å². The molecule has 16 nitrogen and oxygen atoms in total. The van der Waals surface area contributed by atoms with Crippen molar-refractivity contribution in [2.45, 2.75) is 96.2 Å². The Morgan fingerprint density at radius 3 is 2.10 bits per heavy atom. The third-order valence-electron chi connectivity index (χ3n) is 7.16. The zero-order chi connectivity index (χ0) is 37.6. The lowest BCUT2D eigenvalue weighted by molar-refractivity contribution is -0.142. The van der Waals surface area contributed by atoms with E-state index in [-0.39, 0.29) is 35.3 Å². The number of aliphatic hydroxyl groups is 1. The number of hydrogen-bond acceptors (Lipinski definition) is 10. The Bertz CT molecular complexity index is 1630. The fourth-order valence-corrected chi connectivity index (χ4v) is 4.99. The van der Waals surface area contributed by atoms with E-state index in [1.165, 1.54) is 36.4 Å². The van der Waals surface area contributed by atoms with Gasteiger partial charge < -0.3 is 51.2 Å². The van der Waals surface area contributed by atoms with Gasteiger partial charge in [0, 0.05) is 25.8 Å². The molecule has 4 bridgehead atoms. The molecule has 272 valence electrons. The number of aliphatic hydroxyl groups excluding tert-OH is 1. The molecule has 2 aromatic rings. The van der Waals surface area contributed by atoms with Crippen LogP contribution in [0.4, 0.5) is 9.59 Å². The molecule has 0 saturated carbocycles. The number of alkyl carbamates (subject to hydrolysis) is 2. The second-order valence-electron chi connectivity index (χ2n) is 13.9. The molecule has 1 aliphatic heterocycles. The van der Waals surface area contributed by atoms with Crippen LogP contribution in [0.1, 0.15) is 69.4 Å². The first kappa shape index (κ1) is 39.1. The van der Waals surface area contributed by atoms with Crippen LogP contribution in [-0.2, 0) is 36.7 Å². The number of amides is 4. The first-order valence-electron chi connectivity index (χ1n) is 15.8. The molecule has 8 N–H and O–H groups in total. The number of phenols is 1. The van der Waals surface area contributed by atoms with Crippen LogP contribution in [-0.4, -0.2) is 98.3 Å². The van der Waals surface area contributed by atoms with Crippen molar-refractivity contribution in [3.63, 3.8) is 0 Å². The van der Waals surface area contributed by atoms with Crippen molar-refractivity contribution in [3.8, 4) is 16.9 Å². The van der Waals surface area contributed by atoms with Crippen LogP contribution >= 0.6 is 0 Å². The Hall–Kier alpha value is -5.38. The fourth-order valence-electron chi connectivity index (χ4n) is 4.99. The number of hydrogen-bond donors (Lipinski definition) is 8. The van der Waals surface area contributed by atoms with Gasteiger partial charge in [-0.05, 0) is 88.1 Å². The maximum atomic E-state index is 13.8. The fraction of sp³-hybridized carbons (Fsp3) is 0.471. The van der Waals surface area contributed by atoms with E-state index < -0.39 is 84.3 Å². The summed E-state index contributed by atoms with van der Waals surface area (Å²) >= 11 is 0. The van der Waals surface area contributed by atoms with E-state index in [1.54, 1.807) is 41.5 Å². The summed E-state index contributed by atoms with van der Waals surface area (Å²) in [4.78, 5) is 76.8. The van der Waals surface area contributed by atoms with Gasteiger partial charge in [-0.1, -0.05) is 12.1 Å². The zero-order valence-corrected chi connectivity index (χ0v) is 28.7. The summed E-state index contributed by atoms with van der Waals surface area (Å²) in [6.45, 7) is 9.29. The van der Waals surface area contributed by atoms with Crippen LogP contribution in [0, 0.1) is 0 Å². The molecule has 4 amide bonds. The first-order valence-corrected chi connectivity index (χ1v) is 15.8. The third kappa shape index (κ3) is 11.9. The van der Waals surface area contributed by atoms with Gasteiger partial charge in [0.1, 0.15) is 35.1 Å². The molecule has 16 heteroatoms. The average Bonchev–Trinajstić information content (AvgIpc) is 2.97. The Kier molecular flexibility index (Phi) is 12.4. The maximum absolute atomic E-state index is 13.8. The number of ether oxygens (including phenoxy) is 2. The van der Waals surface area contributed by atoms with Crippen molar-refractivity contribution in [3.05, 3.63) is 53.1 Å². The molecule has 0 unspecified atom stereocenters. The summed E-state index contributed by atoms with van der Waals surface area (Å²) in [6.07, 6.45) is -4.56. The SMILES string of the molecule is CC(C)(C)OC(=O)NC[C@H](O)C[C@@H]1NC(=O)[C@@H](NC(=O)OC(C)(C)C)Cc2cc(ccc2O)-c2cc(cc(C(=O)O)c2)C[C@@H](C(=O)O)NC1=O. The Labute approximate surface area is 288 Å². The molecule has 0 radical (unpaired) electrons. The monoisotopic (exact) mass is 700 g/mol. The van der Waals surface area contributed by atoms with Gasteiger partial charge in [-0.15, -0.1) is 0 Å². The number of phenolic OH excluding ortho intramolecular Hbond substituents is 1. The van der Waals surface area contributed by atoms with Crippen molar-refractivity contribution in [1.82, 2.24) is 21.3 Å². The minimum atomic E-state index is -1.62. The van der Waals surface area contributed by atoms with Crippen LogP contribution in [0.3, 0.4) is 0 Å². The molecule has 50 heavy (non-hydrogen) atoms. The maximum Gasteiger partial charge on any atom is 0.408 e. The minimum Gasteiger partial charge on any atom is -0.508 e. The highest BCUT2D eigenvalue weighted by atomic mass is 16.6. The molecule has 0 aliphatic carbocycles. The quantitative estimate of drug-likeness (QED) is 0.207. The molecular weight excluding hydrogens is 656 g/mol. The van der Waals surface area contributed by atoms with Crippen molar-refractivity contribution in [2.24, 2.45) is 0 Å². The van der Waals surface area contributed by atoms with Gasteiger partial charge in [0.2, 0.25) is 11.8 Å². The number of carboxylic acids is 2. The molecule has 0 saturated heterocycles. The minimum absolute atomic E-state index is 0.155. The molecular formula is C34H44N4O12. The normalized spacial score (nSPS) is 19.0. The van der Waals surface area contributed by atoms with Crippen molar-refractivity contribution < 1.29 is 58.7 Å². The highest BCUT2D eigenvalue weighted by Gasteiger charge is 2.33. The van der Waals surface area contributed by atoms with E-state index in [1.807, 2.05) is 0 Å². The summed E-state index contributed by atoms with van der Waals surface area (Å²) in [5.41, 5.74) is -0.839. The lowest BCUT2D eigenvalue weighted by Crippen LogP contribution is -2.57. The van der Waals surface area contributed by atoms with Crippen molar-refractivity contribution >= 4 is 35.9 Å². The number of benzene rings is 2. The smallest absolute Gasteiger partial charge is 0.408 e. The number of fused-ring (bicyclic) bond motifs is 5. The van der Waals surface area contributed by atoms with E-state index in [2.05, 4.69) is 21.3 Å². The molecule has 1 aliphatic rings. The molecule has 2 aromatic carbocycles. The van der Waals surface area contributed by atoms with Crippen LogP contribution < -0.4 is 21.3 Å². The highest BCUT2D eigenvalue weighted by molar-refractivity contribution is 5.94. The number of carbonyl (C=O) groups excluding carboxylic acids is 4. The molecule has 0 fully saturated rings. The molecule has 0 aromatic heterocycles. The summed E-state index contributed by atoms with van der Waals surface area (Å²) in [6, 6.07) is 3.73. The van der Waals surface area contributed by atoms with Gasteiger partial charge >= 0.3 is 24.1 Å². The van der Waals surface area contributed by atoms with E-state index in [0.717, 1.165) is 0 Å². The number of aromatic hydroxyl groups is 1. The van der Waals surface area contributed by atoms with Crippen LogP contribution in [0.2, 0.25) is 0 Å². The van der Waals surface area contributed by atoms with Crippen LogP contribution in [0.5, 0.6) is 5.75 Å². The number of carboxylic acid groups (broad SMARTS) is 2. The predicted octanol–water partition coefficient (Wildman–Crippen LogP) is 2.08. The number of nitrogens with one attached hydrogen (secondary N) is 4. The summed E-state index contributed by atoms with van der Waals surface area (Å²) in [5.74, 6) is -5.03. The second kappa shape index (κ2) is 15.9. The van der Waals surface area contributed by atoms with Gasteiger partial charge in [-0.3, -0.25) is 9.59 Å².